The van der Waals surface area contributed by atoms with Gasteiger partial charge in [0.2, 0.25) is 5.95 Å². The highest BCUT2D eigenvalue weighted by Gasteiger charge is 2.30. The fourth-order valence-electron chi connectivity index (χ4n) is 5.42. The zero-order valence-electron chi connectivity index (χ0n) is 21.0. The predicted molar refractivity (Wildman–Crippen MR) is 145 cm³/mol. The van der Waals surface area contributed by atoms with Gasteiger partial charge in [0.15, 0.2) is 0 Å². The number of hydrogen-bond donors (Lipinski definition) is 2. The van der Waals surface area contributed by atoms with Gasteiger partial charge in [0.25, 0.3) is 10.0 Å². The summed E-state index contributed by atoms with van der Waals surface area (Å²) in [4.78, 5) is 9.82. The number of nitrogens with two attached hydrogens (primary N) is 1. The summed E-state index contributed by atoms with van der Waals surface area (Å²) in [6.45, 7) is 6.01. The van der Waals surface area contributed by atoms with Crippen LogP contribution in [0.3, 0.4) is 0 Å². The van der Waals surface area contributed by atoms with E-state index in [-0.39, 0.29) is 16.5 Å². The molecule has 1 aliphatic rings. The van der Waals surface area contributed by atoms with Crippen molar-refractivity contribution in [1.82, 2.24) is 13.9 Å². The van der Waals surface area contributed by atoms with Crippen molar-refractivity contribution >= 4 is 26.9 Å². The minimum absolute atomic E-state index is 0.197. The molecule has 2 unspecified atom stereocenters. The molecule has 3 N–H and O–H groups in total. The van der Waals surface area contributed by atoms with Crippen molar-refractivity contribution in [3.8, 4) is 11.3 Å². The van der Waals surface area contributed by atoms with Crippen molar-refractivity contribution in [2.24, 2.45) is 5.73 Å². The van der Waals surface area contributed by atoms with E-state index in [1.165, 1.54) is 3.97 Å². The smallest absolute Gasteiger partial charge is 0.268 e. The van der Waals surface area contributed by atoms with Gasteiger partial charge in [0.05, 0.1) is 16.1 Å². The summed E-state index contributed by atoms with van der Waals surface area (Å²) in [5.74, 6) is 0.548. The zero-order valence-corrected chi connectivity index (χ0v) is 21.8. The molecule has 0 spiro atoms. The molecule has 8 heteroatoms. The van der Waals surface area contributed by atoms with Crippen LogP contribution in [0.15, 0.2) is 65.7 Å². The van der Waals surface area contributed by atoms with Crippen LogP contribution in [0.25, 0.3) is 22.2 Å². The Bertz CT molecular complexity index is 1510. The Labute approximate surface area is 212 Å². The lowest BCUT2D eigenvalue weighted by Crippen LogP contribution is -2.45. The van der Waals surface area contributed by atoms with E-state index in [2.05, 4.69) is 24.1 Å². The summed E-state index contributed by atoms with van der Waals surface area (Å²) in [5, 5.41) is 4.35. The van der Waals surface area contributed by atoms with E-state index in [1.54, 1.807) is 24.3 Å². The van der Waals surface area contributed by atoms with E-state index in [4.69, 9.17) is 10.7 Å². The van der Waals surface area contributed by atoms with Gasteiger partial charge >= 0.3 is 0 Å². The highest BCUT2D eigenvalue weighted by Crippen LogP contribution is 2.38. The van der Waals surface area contributed by atoms with E-state index < -0.39 is 10.0 Å². The Morgan fingerprint density at radius 1 is 1.14 bits per heavy atom. The number of benzene rings is 2. The fourth-order valence-corrected chi connectivity index (χ4v) is 7.00. The van der Waals surface area contributed by atoms with E-state index in [1.807, 2.05) is 43.5 Å². The van der Waals surface area contributed by atoms with Crippen molar-refractivity contribution in [1.29, 1.82) is 0 Å². The van der Waals surface area contributed by atoms with Crippen molar-refractivity contribution in [3.05, 3.63) is 72.1 Å². The number of aromatic nitrogens is 3. The lowest BCUT2D eigenvalue weighted by Gasteiger charge is -2.35. The second kappa shape index (κ2) is 9.33. The SMILES string of the molecule is CCc1cnc(NC2CCCC(C)(N)C2)nc1-c1c(C)n(S(=O)(=O)c2ccccc2)c2ccccc12. The summed E-state index contributed by atoms with van der Waals surface area (Å²) in [7, 11) is -3.81. The van der Waals surface area contributed by atoms with Gasteiger partial charge in [0, 0.05) is 34.4 Å². The second-order valence-corrected chi connectivity index (χ2v) is 11.9. The molecule has 5 rings (SSSR count). The molecular formula is C28H33N5O2S. The monoisotopic (exact) mass is 503 g/mol. The Morgan fingerprint density at radius 3 is 2.58 bits per heavy atom. The molecule has 2 atom stereocenters. The van der Waals surface area contributed by atoms with Gasteiger partial charge < -0.3 is 11.1 Å². The topological polar surface area (TPSA) is 103 Å². The number of fused-ring (bicyclic) bond motifs is 1. The first kappa shape index (κ1) is 24.5. The number of nitrogens with zero attached hydrogens (tertiary/aromatic N) is 3. The number of nitrogens with one attached hydrogen (secondary N) is 1. The van der Waals surface area contributed by atoms with Crippen LogP contribution >= 0.6 is 0 Å². The van der Waals surface area contributed by atoms with E-state index >= 15 is 0 Å². The van der Waals surface area contributed by atoms with Crippen LogP contribution in [-0.2, 0) is 16.4 Å². The summed E-state index contributed by atoms with van der Waals surface area (Å²) in [6.07, 6.45) is 6.54. The molecule has 188 valence electrons. The quantitative estimate of drug-likeness (QED) is 0.371. The Hall–Kier alpha value is -3.23. The Kier molecular flexibility index (Phi) is 6.34. The summed E-state index contributed by atoms with van der Waals surface area (Å²) in [6, 6.07) is 16.4. The molecule has 2 heterocycles. The molecule has 1 fully saturated rings. The molecule has 0 saturated heterocycles. The Morgan fingerprint density at radius 2 is 1.86 bits per heavy atom. The molecule has 0 bridgehead atoms. The normalized spacial score (nSPS) is 20.5. The third kappa shape index (κ3) is 4.40. The maximum absolute atomic E-state index is 13.8. The first-order valence-corrected chi connectivity index (χ1v) is 14.0. The number of anilines is 1. The molecule has 4 aromatic rings. The van der Waals surface area contributed by atoms with Crippen molar-refractivity contribution in [2.75, 3.05) is 5.32 Å². The molecule has 36 heavy (non-hydrogen) atoms. The first-order chi connectivity index (χ1) is 17.2. The third-order valence-corrected chi connectivity index (χ3v) is 8.99. The van der Waals surface area contributed by atoms with Gasteiger partial charge in [-0.25, -0.2) is 22.4 Å². The van der Waals surface area contributed by atoms with Gasteiger partial charge in [-0.15, -0.1) is 0 Å². The highest BCUT2D eigenvalue weighted by atomic mass is 32.2. The molecule has 1 aliphatic carbocycles. The summed E-state index contributed by atoms with van der Waals surface area (Å²) in [5.41, 5.74) is 10.0. The lowest BCUT2D eigenvalue weighted by molar-refractivity contribution is 0.302. The summed E-state index contributed by atoms with van der Waals surface area (Å²) < 4.78 is 29.0. The number of para-hydroxylation sites is 1. The minimum Gasteiger partial charge on any atom is -0.351 e. The number of rotatable bonds is 6. The standard InChI is InChI=1S/C28H33N5O2S/c1-4-20-18-30-27(31-21-11-10-16-28(3,29)17-21)32-26(20)25-19(2)33(24-15-9-8-14-23(24)25)36(34,35)22-12-6-5-7-13-22/h5-9,12-15,18,21H,4,10-11,16-17,29H2,1-3H3,(H,30,31,32). The Balaban J connectivity index is 1.66. The van der Waals surface area contributed by atoms with Gasteiger partial charge in [0.1, 0.15) is 0 Å². The third-order valence-electron chi connectivity index (χ3n) is 7.17. The minimum atomic E-state index is -3.81. The van der Waals surface area contributed by atoms with E-state index in [0.717, 1.165) is 54.3 Å². The van der Waals surface area contributed by atoms with Crippen LogP contribution in [0.1, 0.15) is 50.8 Å². The van der Waals surface area contributed by atoms with Crippen LogP contribution < -0.4 is 11.1 Å². The van der Waals surface area contributed by atoms with Crippen molar-refractivity contribution in [2.45, 2.75) is 69.4 Å². The van der Waals surface area contributed by atoms with Crippen LogP contribution in [0, 0.1) is 6.92 Å². The lowest BCUT2D eigenvalue weighted by atomic mass is 9.81. The molecule has 7 nitrogen and oxygen atoms in total. The fraction of sp³-hybridized carbons (Fsp3) is 0.357. The second-order valence-electron chi connectivity index (χ2n) is 10.1. The molecule has 0 aliphatic heterocycles. The molecule has 1 saturated carbocycles. The summed E-state index contributed by atoms with van der Waals surface area (Å²) >= 11 is 0. The van der Waals surface area contributed by atoms with Gasteiger partial charge in [-0.3, -0.25) is 0 Å². The van der Waals surface area contributed by atoms with Crippen LogP contribution in [0.2, 0.25) is 0 Å². The maximum atomic E-state index is 13.8. The van der Waals surface area contributed by atoms with Crippen LogP contribution in [0.5, 0.6) is 0 Å². The molecule has 2 aromatic heterocycles. The molecule has 0 amide bonds. The van der Waals surface area contributed by atoms with E-state index in [9.17, 15) is 8.42 Å². The van der Waals surface area contributed by atoms with Crippen LogP contribution in [0.4, 0.5) is 5.95 Å². The maximum Gasteiger partial charge on any atom is 0.268 e. The number of aryl methyl sites for hydroxylation is 1. The predicted octanol–water partition coefficient (Wildman–Crippen LogP) is 5.28. The molecule has 0 radical (unpaired) electrons. The van der Waals surface area contributed by atoms with Gasteiger partial charge in [-0.1, -0.05) is 43.3 Å². The largest absolute Gasteiger partial charge is 0.351 e. The average Bonchev–Trinajstić information content (AvgIpc) is 3.16. The molecule has 2 aromatic carbocycles. The average molecular weight is 504 g/mol. The zero-order chi connectivity index (χ0) is 25.5. The molecular weight excluding hydrogens is 470 g/mol. The van der Waals surface area contributed by atoms with Crippen LogP contribution in [-0.4, -0.2) is 33.9 Å². The first-order valence-electron chi connectivity index (χ1n) is 12.5. The van der Waals surface area contributed by atoms with Crippen molar-refractivity contribution in [3.63, 3.8) is 0 Å². The van der Waals surface area contributed by atoms with Gasteiger partial charge in [-0.05, 0) is 69.7 Å². The highest BCUT2D eigenvalue weighted by molar-refractivity contribution is 7.90. The number of hydrogen-bond acceptors (Lipinski definition) is 6. The van der Waals surface area contributed by atoms with E-state index in [0.29, 0.717) is 17.2 Å². The van der Waals surface area contributed by atoms with Crippen molar-refractivity contribution < 1.29 is 8.42 Å². The van der Waals surface area contributed by atoms with Gasteiger partial charge in [-0.2, -0.15) is 0 Å².